The maximum Gasteiger partial charge on any atom is 0.197 e. The van der Waals surface area contributed by atoms with E-state index in [4.69, 9.17) is 4.74 Å². The molecule has 1 aliphatic rings. The lowest BCUT2D eigenvalue weighted by atomic mass is 10.1. The maximum atomic E-state index is 10.1. The Morgan fingerprint density at radius 1 is 0.926 bits per heavy atom. The normalized spacial score (nSPS) is 15.3. The van der Waals surface area contributed by atoms with Crippen molar-refractivity contribution in [1.29, 1.82) is 0 Å². The highest BCUT2D eigenvalue weighted by atomic mass is 16.5. The van der Waals surface area contributed by atoms with Gasteiger partial charge < -0.3 is 19.8 Å². The summed E-state index contributed by atoms with van der Waals surface area (Å²) in [6, 6.07) is 6.31. The third-order valence-corrected chi connectivity index (χ3v) is 5.65. The summed E-state index contributed by atoms with van der Waals surface area (Å²) in [5.41, 5.74) is 3.93. The van der Waals surface area contributed by atoms with Crippen LogP contribution in [0.1, 0.15) is 23.1 Å². The molecule has 0 atom stereocenters. The lowest BCUT2D eigenvalue weighted by Crippen LogP contribution is -2.46. The first-order valence-electron chi connectivity index (χ1n) is 9.62. The van der Waals surface area contributed by atoms with Gasteiger partial charge in [0.2, 0.25) is 0 Å². The molecular formula is C21H31N3O3. The molecule has 1 aliphatic heterocycles. The van der Waals surface area contributed by atoms with Crippen LogP contribution in [-0.4, -0.2) is 59.5 Å². The standard InChI is InChI=1S/C21H31N3O3/c1-15-6-7-19(27-4)18(14-15)23-12-10-22(11-13-23)8-5-9-24-20(25)16(2)17(3)21(24)26/h6-7,14,25-26H,5,8-13H2,1-4H3. The first-order valence-corrected chi connectivity index (χ1v) is 9.62. The molecule has 1 fully saturated rings. The average molecular weight is 373 g/mol. The fourth-order valence-corrected chi connectivity index (χ4v) is 3.76. The third-order valence-electron chi connectivity index (χ3n) is 5.65. The van der Waals surface area contributed by atoms with Gasteiger partial charge in [0.05, 0.1) is 12.8 Å². The van der Waals surface area contributed by atoms with Crippen LogP contribution >= 0.6 is 0 Å². The van der Waals surface area contributed by atoms with Crippen LogP contribution in [-0.2, 0) is 6.54 Å². The van der Waals surface area contributed by atoms with Crippen molar-refractivity contribution in [3.05, 3.63) is 34.9 Å². The average Bonchev–Trinajstić information content (AvgIpc) is 2.86. The number of benzene rings is 1. The van der Waals surface area contributed by atoms with E-state index in [0.717, 1.165) is 56.0 Å². The van der Waals surface area contributed by atoms with E-state index in [1.54, 1.807) is 11.7 Å². The van der Waals surface area contributed by atoms with Crippen molar-refractivity contribution >= 4 is 5.69 Å². The highest BCUT2D eigenvalue weighted by Crippen LogP contribution is 2.32. The molecule has 27 heavy (non-hydrogen) atoms. The van der Waals surface area contributed by atoms with Gasteiger partial charge in [-0.25, -0.2) is 0 Å². The Kier molecular flexibility index (Phi) is 5.85. The van der Waals surface area contributed by atoms with Gasteiger partial charge in [-0.2, -0.15) is 0 Å². The zero-order valence-electron chi connectivity index (χ0n) is 16.8. The van der Waals surface area contributed by atoms with Crippen molar-refractivity contribution in [1.82, 2.24) is 9.47 Å². The summed E-state index contributed by atoms with van der Waals surface area (Å²) in [6.45, 7) is 11.3. The van der Waals surface area contributed by atoms with E-state index in [2.05, 4.69) is 28.9 Å². The largest absolute Gasteiger partial charge is 0.495 e. The van der Waals surface area contributed by atoms with Crippen LogP contribution in [0.15, 0.2) is 18.2 Å². The first kappa shape index (κ1) is 19.4. The minimum atomic E-state index is 0.182. The predicted molar refractivity (Wildman–Crippen MR) is 108 cm³/mol. The van der Waals surface area contributed by atoms with Crippen molar-refractivity contribution in [3.63, 3.8) is 0 Å². The minimum absolute atomic E-state index is 0.182. The zero-order valence-corrected chi connectivity index (χ0v) is 16.8. The molecule has 2 N–H and O–H groups in total. The molecule has 0 spiro atoms. The molecule has 0 unspecified atom stereocenters. The van der Waals surface area contributed by atoms with Crippen molar-refractivity contribution in [2.75, 3.05) is 44.7 Å². The Morgan fingerprint density at radius 3 is 2.15 bits per heavy atom. The molecule has 0 radical (unpaired) electrons. The second kappa shape index (κ2) is 8.13. The van der Waals surface area contributed by atoms with Gasteiger partial charge in [-0.1, -0.05) is 6.07 Å². The van der Waals surface area contributed by atoms with Gasteiger partial charge in [0, 0.05) is 43.9 Å². The Labute approximate surface area is 161 Å². The van der Waals surface area contributed by atoms with Crippen LogP contribution in [0.25, 0.3) is 0 Å². The molecule has 2 heterocycles. The van der Waals surface area contributed by atoms with Gasteiger partial charge >= 0.3 is 0 Å². The predicted octanol–water partition coefficient (Wildman–Crippen LogP) is 3.05. The molecule has 3 rings (SSSR count). The number of hydrogen-bond acceptors (Lipinski definition) is 5. The van der Waals surface area contributed by atoms with E-state index < -0.39 is 0 Å². The number of aryl methyl sites for hydroxylation is 1. The Morgan fingerprint density at radius 2 is 1.56 bits per heavy atom. The van der Waals surface area contributed by atoms with Crippen LogP contribution < -0.4 is 9.64 Å². The van der Waals surface area contributed by atoms with Gasteiger partial charge in [-0.15, -0.1) is 0 Å². The molecular weight excluding hydrogens is 342 g/mol. The number of aromatic nitrogens is 1. The highest BCUT2D eigenvalue weighted by molar-refractivity contribution is 5.60. The van der Waals surface area contributed by atoms with Gasteiger partial charge in [-0.05, 0) is 51.4 Å². The van der Waals surface area contributed by atoms with E-state index in [1.165, 1.54) is 11.3 Å². The van der Waals surface area contributed by atoms with Crippen LogP contribution in [0.4, 0.5) is 5.69 Å². The zero-order chi connectivity index (χ0) is 19.6. The molecule has 0 amide bonds. The third kappa shape index (κ3) is 4.00. The number of methoxy groups -OCH3 is 1. The lowest BCUT2D eigenvalue weighted by Gasteiger charge is -2.36. The number of piperazine rings is 1. The number of hydrogen-bond donors (Lipinski definition) is 2. The van der Waals surface area contributed by atoms with Gasteiger partial charge in [0.15, 0.2) is 11.8 Å². The molecule has 2 aromatic rings. The summed E-state index contributed by atoms with van der Waals surface area (Å²) in [6.07, 6.45) is 0.891. The molecule has 148 valence electrons. The quantitative estimate of drug-likeness (QED) is 0.815. The van der Waals surface area contributed by atoms with Crippen LogP contribution in [0.3, 0.4) is 0 Å². The highest BCUT2D eigenvalue weighted by Gasteiger charge is 2.20. The van der Waals surface area contributed by atoms with Crippen molar-refractivity contribution in [3.8, 4) is 17.5 Å². The van der Waals surface area contributed by atoms with Crippen molar-refractivity contribution in [2.24, 2.45) is 0 Å². The molecule has 1 aromatic heterocycles. The molecule has 0 aliphatic carbocycles. The van der Waals surface area contributed by atoms with Gasteiger partial charge in [0.25, 0.3) is 0 Å². The van der Waals surface area contributed by atoms with E-state index in [0.29, 0.717) is 6.54 Å². The fourth-order valence-electron chi connectivity index (χ4n) is 3.76. The Balaban J connectivity index is 1.52. The molecule has 1 saturated heterocycles. The van der Waals surface area contributed by atoms with Crippen LogP contribution in [0.5, 0.6) is 17.5 Å². The van der Waals surface area contributed by atoms with E-state index in [-0.39, 0.29) is 11.8 Å². The second-order valence-corrected chi connectivity index (χ2v) is 7.41. The SMILES string of the molecule is COc1ccc(C)cc1N1CCN(CCCn2c(O)c(C)c(C)c2O)CC1. The molecule has 6 nitrogen and oxygen atoms in total. The number of rotatable bonds is 6. The summed E-state index contributed by atoms with van der Waals surface area (Å²) in [5, 5.41) is 20.3. The topological polar surface area (TPSA) is 61.1 Å². The van der Waals surface area contributed by atoms with Crippen LogP contribution in [0.2, 0.25) is 0 Å². The van der Waals surface area contributed by atoms with E-state index in [9.17, 15) is 10.2 Å². The summed E-state index contributed by atoms with van der Waals surface area (Å²) in [4.78, 5) is 4.83. The summed E-state index contributed by atoms with van der Waals surface area (Å²) >= 11 is 0. The Bertz CT molecular complexity index is 767. The second-order valence-electron chi connectivity index (χ2n) is 7.41. The summed E-state index contributed by atoms with van der Waals surface area (Å²) < 4.78 is 7.13. The maximum absolute atomic E-state index is 10.1. The van der Waals surface area contributed by atoms with E-state index >= 15 is 0 Å². The number of nitrogens with zero attached hydrogens (tertiary/aromatic N) is 3. The summed E-state index contributed by atoms with van der Waals surface area (Å²) in [5.74, 6) is 1.29. The lowest BCUT2D eigenvalue weighted by molar-refractivity contribution is 0.245. The minimum Gasteiger partial charge on any atom is -0.495 e. The molecule has 0 bridgehead atoms. The van der Waals surface area contributed by atoms with Crippen LogP contribution in [0, 0.1) is 20.8 Å². The van der Waals surface area contributed by atoms with E-state index in [1.807, 2.05) is 19.9 Å². The Hall–Kier alpha value is -2.34. The monoisotopic (exact) mass is 373 g/mol. The van der Waals surface area contributed by atoms with Crippen molar-refractivity contribution in [2.45, 2.75) is 33.7 Å². The number of aromatic hydroxyl groups is 2. The fraction of sp³-hybridized carbons (Fsp3) is 0.524. The molecule has 6 heteroatoms. The molecule has 1 aromatic carbocycles. The summed E-state index contributed by atoms with van der Waals surface area (Å²) in [7, 11) is 1.72. The number of anilines is 1. The number of ether oxygens (including phenoxy) is 1. The van der Waals surface area contributed by atoms with Gasteiger partial charge in [-0.3, -0.25) is 9.47 Å². The molecule has 0 saturated carbocycles. The van der Waals surface area contributed by atoms with Gasteiger partial charge in [0.1, 0.15) is 5.75 Å². The smallest absolute Gasteiger partial charge is 0.197 e. The first-order chi connectivity index (χ1) is 12.9. The van der Waals surface area contributed by atoms with Crippen molar-refractivity contribution < 1.29 is 14.9 Å².